The molecule has 1 aromatic heterocycles. The summed E-state index contributed by atoms with van der Waals surface area (Å²) in [7, 11) is 0. The number of ketones is 1. The molecule has 0 atom stereocenters. The summed E-state index contributed by atoms with van der Waals surface area (Å²) in [4.78, 5) is 16.4. The summed E-state index contributed by atoms with van der Waals surface area (Å²) in [6, 6.07) is 5.35. The van der Waals surface area contributed by atoms with Gasteiger partial charge in [-0.3, -0.25) is 4.79 Å². The molecule has 0 aliphatic carbocycles. The van der Waals surface area contributed by atoms with Crippen molar-refractivity contribution in [2.45, 2.75) is 27.2 Å². The number of aromatic nitrogens is 1. The van der Waals surface area contributed by atoms with Crippen LogP contribution in [0.4, 0.5) is 0 Å². The number of carbonyl (C=O) groups excluding carboxylic acids is 1. The van der Waals surface area contributed by atoms with Crippen molar-refractivity contribution < 1.29 is 9.21 Å². The van der Waals surface area contributed by atoms with Gasteiger partial charge < -0.3 is 10.2 Å². The van der Waals surface area contributed by atoms with E-state index in [0.29, 0.717) is 30.0 Å². The lowest BCUT2D eigenvalue weighted by Gasteiger charge is -2.20. The maximum absolute atomic E-state index is 12.2. The number of fused-ring (bicyclic) bond motifs is 1. The van der Waals surface area contributed by atoms with Crippen LogP contribution in [0.15, 0.2) is 22.6 Å². The Hall–Kier alpha value is -1.68. The second-order valence-electron chi connectivity index (χ2n) is 5.38. The first-order chi connectivity index (χ1) is 8.41. The monoisotopic (exact) mass is 246 g/mol. The Morgan fingerprint density at radius 2 is 2.17 bits per heavy atom. The highest BCUT2D eigenvalue weighted by Crippen LogP contribution is 2.23. The summed E-state index contributed by atoms with van der Waals surface area (Å²) in [6.07, 6.45) is 0.436. The van der Waals surface area contributed by atoms with E-state index in [1.54, 1.807) is 25.1 Å². The Bertz CT molecular complexity index is 584. The molecule has 0 bridgehead atoms. The zero-order valence-electron chi connectivity index (χ0n) is 11.0. The number of hydrogen-bond acceptors (Lipinski definition) is 4. The number of oxazole rings is 1. The molecule has 0 amide bonds. The number of rotatable bonds is 4. The Morgan fingerprint density at radius 3 is 2.83 bits per heavy atom. The summed E-state index contributed by atoms with van der Waals surface area (Å²) in [5.41, 5.74) is 7.57. The van der Waals surface area contributed by atoms with Gasteiger partial charge >= 0.3 is 0 Å². The third-order valence-electron chi connectivity index (χ3n) is 3.01. The molecule has 2 aromatic rings. The zero-order valence-corrected chi connectivity index (χ0v) is 11.0. The van der Waals surface area contributed by atoms with Gasteiger partial charge in [-0.1, -0.05) is 13.8 Å². The molecule has 0 saturated heterocycles. The largest absolute Gasteiger partial charge is 0.441 e. The number of benzene rings is 1. The van der Waals surface area contributed by atoms with E-state index in [1.165, 1.54) is 0 Å². The standard InChI is InChI=1S/C14H18N2O2/c1-9-16-11-6-10(4-5-13(11)18-9)12(17)7-14(2,3)8-15/h4-6H,7-8,15H2,1-3H3. The predicted molar refractivity (Wildman–Crippen MR) is 70.5 cm³/mol. The normalized spacial score (nSPS) is 12.0. The molecular formula is C14H18N2O2. The third-order valence-corrected chi connectivity index (χ3v) is 3.01. The van der Waals surface area contributed by atoms with Crippen LogP contribution in [-0.2, 0) is 0 Å². The molecule has 4 nitrogen and oxygen atoms in total. The molecule has 0 aliphatic heterocycles. The van der Waals surface area contributed by atoms with E-state index >= 15 is 0 Å². The minimum atomic E-state index is -0.175. The Labute approximate surface area is 106 Å². The summed E-state index contributed by atoms with van der Waals surface area (Å²) < 4.78 is 5.38. The number of nitrogens with two attached hydrogens (primary N) is 1. The molecule has 0 radical (unpaired) electrons. The Kier molecular flexibility index (Phi) is 3.22. The van der Waals surface area contributed by atoms with Crippen molar-refractivity contribution in [3.63, 3.8) is 0 Å². The van der Waals surface area contributed by atoms with Crippen LogP contribution in [0.3, 0.4) is 0 Å². The van der Waals surface area contributed by atoms with Gasteiger partial charge in [-0.2, -0.15) is 0 Å². The SMILES string of the molecule is Cc1nc2cc(C(=O)CC(C)(C)CN)ccc2o1. The first kappa shape index (κ1) is 12.8. The minimum absolute atomic E-state index is 0.0907. The van der Waals surface area contributed by atoms with Crippen molar-refractivity contribution in [2.75, 3.05) is 6.54 Å². The fourth-order valence-corrected chi connectivity index (χ4v) is 1.82. The van der Waals surface area contributed by atoms with Crippen LogP contribution in [0.1, 0.15) is 36.5 Å². The van der Waals surface area contributed by atoms with Gasteiger partial charge in [0.25, 0.3) is 0 Å². The molecule has 0 spiro atoms. The zero-order chi connectivity index (χ0) is 13.3. The van der Waals surface area contributed by atoms with E-state index in [1.807, 2.05) is 13.8 Å². The Morgan fingerprint density at radius 1 is 1.44 bits per heavy atom. The lowest BCUT2D eigenvalue weighted by atomic mass is 9.86. The van der Waals surface area contributed by atoms with E-state index in [2.05, 4.69) is 4.98 Å². The summed E-state index contributed by atoms with van der Waals surface area (Å²) in [6.45, 7) is 6.26. The van der Waals surface area contributed by atoms with Gasteiger partial charge in [0.15, 0.2) is 17.3 Å². The quantitative estimate of drug-likeness (QED) is 0.842. The highest BCUT2D eigenvalue weighted by Gasteiger charge is 2.21. The number of nitrogens with zero attached hydrogens (tertiary/aromatic N) is 1. The van der Waals surface area contributed by atoms with Crippen molar-refractivity contribution >= 4 is 16.9 Å². The lowest BCUT2D eigenvalue weighted by Crippen LogP contribution is -2.26. The highest BCUT2D eigenvalue weighted by atomic mass is 16.3. The predicted octanol–water partition coefficient (Wildman–Crippen LogP) is 2.69. The van der Waals surface area contributed by atoms with Crippen LogP contribution < -0.4 is 5.73 Å². The van der Waals surface area contributed by atoms with Crippen LogP contribution in [0, 0.1) is 12.3 Å². The van der Waals surface area contributed by atoms with Crippen molar-refractivity contribution in [3.8, 4) is 0 Å². The molecule has 0 saturated carbocycles. The molecule has 0 aliphatic rings. The van der Waals surface area contributed by atoms with E-state index < -0.39 is 0 Å². The lowest BCUT2D eigenvalue weighted by molar-refractivity contribution is 0.0935. The molecule has 18 heavy (non-hydrogen) atoms. The topological polar surface area (TPSA) is 69.1 Å². The molecule has 96 valence electrons. The Balaban J connectivity index is 2.28. The van der Waals surface area contributed by atoms with Gasteiger partial charge in [-0.15, -0.1) is 0 Å². The molecule has 2 rings (SSSR count). The van der Waals surface area contributed by atoms with Gasteiger partial charge in [0.1, 0.15) is 5.52 Å². The highest BCUT2D eigenvalue weighted by molar-refractivity contribution is 5.99. The number of carbonyl (C=O) groups is 1. The molecule has 0 fully saturated rings. The first-order valence-corrected chi connectivity index (χ1v) is 6.02. The van der Waals surface area contributed by atoms with Gasteiger partial charge in [0.2, 0.25) is 0 Å². The van der Waals surface area contributed by atoms with Crippen LogP contribution in [0.2, 0.25) is 0 Å². The number of hydrogen-bond donors (Lipinski definition) is 1. The molecule has 1 aromatic carbocycles. The van der Waals surface area contributed by atoms with Crippen LogP contribution >= 0.6 is 0 Å². The average Bonchev–Trinajstić information content (AvgIpc) is 2.67. The van der Waals surface area contributed by atoms with E-state index in [0.717, 1.165) is 5.52 Å². The average molecular weight is 246 g/mol. The van der Waals surface area contributed by atoms with Gasteiger partial charge in [0.05, 0.1) is 0 Å². The van der Waals surface area contributed by atoms with Crippen molar-refractivity contribution in [1.82, 2.24) is 4.98 Å². The fourth-order valence-electron chi connectivity index (χ4n) is 1.82. The van der Waals surface area contributed by atoms with Crippen molar-refractivity contribution in [3.05, 3.63) is 29.7 Å². The van der Waals surface area contributed by atoms with Crippen LogP contribution in [0.25, 0.3) is 11.1 Å². The first-order valence-electron chi connectivity index (χ1n) is 6.02. The molecule has 2 N–H and O–H groups in total. The molecule has 0 unspecified atom stereocenters. The second-order valence-corrected chi connectivity index (χ2v) is 5.38. The third kappa shape index (κ3) is 2.59. The molecule has 4 heteroatoms. The summed E-state index contributed by atoms with van der Waals surface area (Å²) in [5.74, 6) is 0.699. The van der Waals surface area contributed by atoms with E-state index in [9.17, 15) is 4.79 Å². The van der Waals surface area contributed by atoms with Gasteiger partial charge in [0, 0.05) is 18.9 Å². The van der Waals surface area contributed by atoms with Crippen molar-refractivity contribution in [1.29, 1.82) is 0 Å². The fraction of sp³-hybridized carbons (Fsp3) is 0.429. The smallest absolute Gasteiger partial charge is 0.192 e. The van der Waals surface area contributed by atoms with E-state index in [4.69, 9.17) is 10.2 Å². The minimum Gasteiger partial charge on any atom is -0.441 e. The molecule has 1 heterocycles. The van der Waals surface area contributed by atoms with Crippen LogP contribution in [0.5, 0.6) is 0 Å². The van der Waals surface area contributed by atoms with E-state index in [-0.39, 0.29) is 11.2 Å². The summed E-state index contributed by atoms with van der Waals surface area (Å²) in [5, 5.41) is 0. The van der Waals surface area contributed by atoms with Gasteiger partial charge in [-0.05, 0) is 30.2 Å². The van der Waals surface area contributed by atoms with Crippen LogP contribution in [-0.4, -0.2) is 17.3 Å². The maximum atomic E-state index is 12.2. The number of aryl methyl sites for hydroxylation is 1. The summed E-state index contributed by atoms with van der Waals surface area (Å²) >= 11 is 0. The second kappa shape index (κ2) is 4.53. The number of Topliss-reactive ketones (excluding diaryl/α,β-unsaturated/α-hetero) is 1. The maximum Gasteiger partial charge on any atom is 0.192 e. The molecular weight excluding hydrogens is 228 g/mol. The van der Waals surface area contributed by atoms with Gasteiger partial charge in [-0.25, -0.2) is 4.98 Å². The van der Waals surface area contributed by atoms with Crippen molar-refractivity contribution in [2.24, 2.45) is 11.1 Å².